The molecule has 0 aliphatic rings. The van der Waals surface area contributed by atoms with Crippen LogP contribution in [0.15, 0.2) is 83.8 Å². The molecule has 0 unspecified atom stereocenters. The zero-order valence-electron chi connectivity index (χ0n) is 19.9. The average molecular weight is 481 g/mol. The normalized spacial score (nSPS) is 12.1. The molecule has 0 saturated heterocycles. The summed E-state index contributed by atoms with van der Waals surface area (Å²) in [4.78, 5) is 13.0. The Balaban J connectivity index is 1.77. The van der Waals surface area contributed by atoms with E-state index >= 15 is 0 Å². The molecule has 180 valence electrons. The van der Waals surface area contributed by atoms with Crippen molar-refractivity contribution in [3.05, 3.63) is 90.0 Å². The number of nitrogens with one attached hydrogen (secondary N) is 1. The highest BCUT2D eigenvalue weighted by Gasteiger charge is 2.27. The van der Waals surface area contributed by atoms with Gasteiger partial charge < -0.3 is 10.1 Å². The Kier molecular flexibility index (Phi) is 8.71. The Labute approximate surface area is 202 Å². The van der Waals surface area contributed by atoms with E-state index in [1.807, 2.05) is 39.0 Å². The summed E-state index contributed by atoms with van der Waals surface area (Å²) in [6, 6.07) is 23.3. The second-order valence-electron chi connectivity index (χ2n) is 8.24. The number of nitrogens with zero attached hydrogens (tertiary/aromatic N) is 1. The highest BCUT2D eigenvalue weighted by atomic mass is 32.2. The molecule has 0 bridgehead atoms. The topological polar surface area (TPSA) is 75.7 Å². The van der Waals surface area contributed by atoms with Crippen LogP contribution in [0.2, 0.25) is 0 Å². The average Bonchev–Trinajstić information content (AvgIpc) is 2.83. The van der Waals surface area contributed by atoms with Crippen LogP contribution >= 0.6 is 0 Å². The maximum Gasteiger partial charge on any atom is 0.264 e. The first-order valence-corrected chi connectivity index (χ1v) is 12.9. The Hall–Kier alpha value is -3.32. The number of carbonyl (C=O) groups is 1. The van der Waals surface area contributed by atoms with Crippen LogP contribution in [-0.4, -0.2) is 33.5 Å². The lowest BCUT2D eigenvalue weighted by Crippen LogP contribution is -2.43. The van der Waals surface area contributed by atoms with E-state index in [0.29, 0.717) is 18.0 Å². The van der Waals surface area contributed by atoms with E-state index < -0.39 is 10.0 Å². The Morgan fingerprint density at radius 1 is 0.971 bits per heavy atom. The predicted molar refractivity (Wildman–Crippen MR) is 136 cm³/mol. The van der Waals surface area contributed by atoms with Crippen LogP contribution in [0.25, 0.3) is 0 Å². The maximum atomic E-state index is 13.5. The molecule has 3 rings (SSSR count). The van der Waals surface area contributed by atoms with E-state index in [0.717, 1.165) is 22.7 Å². The monoisotopic (exact) mass is 480 g/mol. The van der Waals surface area contributed by atoms with Gasteiger partial charge in [0.25, 0.3) is 10.0 Å². The van der Waals surface area contributed by atoms with Crippen LogP contribution in [0, 0.1) is 6.92 Å². The van der Waals surface area contributed by atoms with Gasteiger partial charge in [-0.3, -0.25) is 9.10 Å². The van der Waals surface area contributed by atoms with Gasteiger partial charge in [0.1, 0.15) is 12.3 Å². The largest absolute Gasteiger partial charge is 0.494 e. The molecule has 0 aliphatic heterocycles. The zero-order chi connectivity index (χ0) is 24.6. The lowest BCUT2D eigenvalue weighted by molar-refractivity contribution is -0.120. The lowest BCUT2D eigenvalue weighted by atomic mass is 10.1. The minimum Gasteiger partial charge on any atom is -0.494 e. The van der Waals surface area contributed by atoms with Crippen molar-refractivity contribution in [1.29, 1.82) is 0 Å². The molecule has 3 aromatic rings. The highest BCUT2D eigenvalue weighted by molar-refractivity contribution is 7.92. The fourth-order valence-corrected chi connectivity index (χ4v) is 5.00. The number of sulfonamides is 1. The third kappa shape index (κ3) is 6.84. The number of carbonyl (C=O) groups excluding carboxylic acids is 1. The second-order valence-corrected chi connectivity index (χ2v) is 10.1. The molecule has 1 amide bonds. The van der Waals surface area contributed by atoms with Crippen molar-refractivity contribution in [3.8, 4) is 5.75 Å². The van der Waals surface area contributed by atoms with Crippen molar-refractivity contribution in [2.75, 3.05) is 17.5 Å². The van der Waals surface area contributed by atoms with Gasteiger partial charge in [0.15, 0.2) is 0 Å². The molecule has 0 radical (unpaired) electrons. The molecule has 0 spiro atoms. The van der Waals surface area contributed by atoms with Crippen LogP contribution in [-0.2, 0) is 21.2 Å². The molecule has 1 atom stereocenters. The minimum atomic E-state index is -3.95. The molecule has 7 heteroatoms. The molecule has 0 fully saturated rings. The van der Waals surface area contributed by atoms with Gasteiger partial charge in [-0.25, -0.2) is 8.42 Å². The molecule has 0 saturated carbocycles. The van der Waals surface area contributed by atoms with Gasteiger partial charge >= 0.3 is 0 Å². The molecular formula is C27H32N2O4S. The first-order chi connectivity index (χ1) is 16.3. The van der Waals surface area contributed by atoms with Crippen molar-refractivity contribution in [2.45, 2.75) is 44.6 Å². The second kappa shape index (κ2) is 11.7. The van der Waals surface area contributed by atoms with Gasteiger partial charge in [0.05, 0.1) is 17.2 Å². The van der Waals surface area contributed by atoms with Crippen LogP contribution in [0.5, 0.6) is 5.75 Å². The predicted octanol–water partition coefficient (Wildman–Crippen LogP) is 4.73. The number of rotatable bonds is 11. The fourth-order valence-electron chi connectivity index (χ4n) is 3.58. The Morgan fingerprint density at radius 2 is 1.62 bits per heavy atom. The number of anilines is 1. The Bertz CT molecular complexity index is 1160. The quantitative estimate of drug-likeness (QED) is 0.431. The van der Waals surface area contributed by atoms with E-state index in [-0.39, 0.29) is 23.4 Å². The number of aryl methyl sites for hydroxylation is 2. The fraction of sp³-hybridized carbons (Fsp3) is 0.296. The molecule has 3 aromatic carbocycles. The molecule has 0 heterocycles. The summed E-state index contributed by atoms with van der Waals surface area (Å²) in [6.45, 7) is 5.89. The summed E-state index contributed by atoms with van der Waals surface area (Å²) in [6.07, 6.45) is 1.58. The van der Waals surface area contributed by atoms with Gasteiger partial charge in [-0.15, -0.1) is 0 Å². The SMILES string of the molecule is CCOc1ccc(N(CC(=O)N[C@@H](C)CCc2ccccc2)S(=O)(=O)c2ccc(C)cc2)cc1. The van der Waals surface area contributed by atoms with Gasteiger partial charge in [0.2, 0.25) is 5.91 Å². The smallest absolute Gasteiger partial charge is 0.264 e. The molecule has 34 heavy (non-hydrogen) atoms. The summed E-state index contributed by atoms with van der Waals surface area (Å²) >= 11 is 0. The summed E-state index contributed by atoms with van der Waals surface area (Å²) in [5.74, 6) is 0.281. The summed E-state index contributed by atoms with van der Waals surface area (Å²) < 4.78 is 33.6. The standard InChI is InChI=1S/C27H32N2O4S/c1-4-33-25-16-14-24(15-17-25)29(34(31,32)26-18-10-21(2)11-19-26)20-27(30)28-22(3)12-13-23-8-6-5-7-9-23/h5-11,14-19,22H,4,12-13,20H2,1-3H3,(H,28,30)/t22-/m0/s1. The number of amides is 1. The molecule has 6 nitrogen and oxygen atoms in total. The molecule has 0 aromatic heterocycles. The lowest BCUT2D eigenvalue weighted by Gasteiger charge is -2.25. The van der Waals surface area contributed by atoms with Crippen LogP contribution in [0.1, 0.15) is 31.4 Å². The molecule has 1 N–H and O–H groups in total. The summed E-state index contributed by atoms with van der Waals surface area (Å²) in [5, 5.41) is 2.94. The van der Waals surface area contributed by atoms with Crippen LogP contribution in [0.3, 0.4) is 0 Å². The third-order valence-electron chi connectivity index (χ3n) is 5.45. The summed E-state index contributed by atoms with van der Waals surface area (Å²) in [5.41, 5.74) is 2.55. The highest BCUT2D eigenvalue weighted by Crippen LogP contribution is 2.26. The van der Waals surface area contributed by atoms with E-state index in [1.54, 1.807) is 48.5 Å². The van der Waals surface area contributed by atoms with Crippen LogP contribution < -0.4 is 14.4 Å². The first kappa shape index (κ1) is 25.3. The van der Waals surface area contributed by atoms with Crippen molar-refractivity contribution >= 4 is 21.6 Å². The van der Waals surface area contributed by atoms with Gasteiger partial charge in [-0.2, -0.15) is 0 Å². The number of hydrogen-bond acceptors (Lipinski definition) is 4. The first-order valence-electron chi connectivity index (χ1n) is 11.4. The minimum absolute atomic E-state index is 0.100. The van der Waals surface area contributed by atoms with Crippen molar-refractivity contribution in [2.24, 2.45) is 0 Å². The Morgan fingerprint density at radius 3 is 2.24 bits per heavy atom. The maximum absolute atomic E-state index is 13.5. The van der Waals surface area contributed by atoms with Gasteiger partial charge in [-0.05, 0) is 75.6 Å². The van der Waals surface area contributed by atoms with E-state index in [1.165, 1.54) is 5.56 Å². The number of hydrogen-bond donors (Lipinski definition) is 1. The van der Waals surface area contributed by atoms with E-state index in [2.05, 4.69) is 17.4 Å². The van der Waals surface area contributed by atoms with E-state index in [4.69, 9.17) is 4.74 Å². The number of ether oxygens (including phenoxy) is 1. The zero-order valence-corrected chi connectivity index (χ0v) is 20.7. The van der Waals surface area contributed by atoms with Crippen molar-refractivity contribution in [1.82, 2.24) is 5.32 Å². The van der Waals surface area contributed by atoms with Gasteiger partial charge in [-0.1, -0.05) is 48.0 Å². The van der Waals surface area contributed by atoms with Crippen molar-refractivity contribution < 1.29 is 17.9 Å². The molecular weight excluding hydrogens is 448 g/mol. The van der Waals surface area contributed by atoms with Gasteiger partial charge in [0, 0.05) is 6.04 Å². The number of benzene rings is 3. The van der Waals surface area contributed by atoms with E-state index in [9.17, 15) is 13.2 Å². The van der Waals surface area contributed by atoms with Crippen LogP contribution in [0.4, 0.5) is 5.69 Å². The molecule has 0 aliphatic carbocycles. The summed E-state index contributed by atoms with van der Waals surface area (Å²) in [7, 11) is -3.95. The van der Waals surface area contributed by atoms with Crippen molar-refractivity contribution in [3.63, 3.8) is 0 Å². The third-order valence-corrected chi connectivity index (χ3v) is 7.24.